The van der Waals surface area contributed by atoms with Crippen LogP contribution in [0.25, 0.3) is 0 Å². The van der Waals surface area contributed by atoms with Crippen LogP contribution < -0.4 is 5.32 Å². The van der Waals surface area contributed by atoms with Crippen molar-refractivity contribution in [3.8, 4) is 0 Å². The second-order valence-corrected chi connectivity index (χ2v) is 3.51. The van der Waals surface area contributed by atoms with Crippen molar-refractivity contribution in [2.75, 3.05) is 32.1 Å². The van der Waals surface area contributed by atoms with Crippen LogP contribution >= 0.6 is 11.8 Å². The van der Waals surface area contributed by atoms with E-state index in [1.54, 1.807) is 0 Å². The molecular weight excluding hydrogens is 132 g/mol. The summed E-state index contributed by atoms with van der Waals surface area (Å²) in [6.07, 6.45) is 0.601. The van der Waals surface area contributed by atoms with Crippen molar-refractivity contribution in [1.29, 1.82) is 0 Å². The van der Waals surface area contributed by atoms with Gasteiger partial charge in [-0.05, 0) is 14.1 Å². The van der Waals surface area contributed by atoms with Gasteiger partial charge in [-0.25, -0.2) is 0 Å². The van der Waals surface area contributed by atoms with Crippen LogP contribution in [0.2, 0.25) is 0 Å². The number of rotatable bonds is 1. The molecule has 1 fully saturated rings. The Morgan fingerprint density at radius 2 is 2.44 bits per heavy atom. The van der Waals surface area contributed by atoms with E-state index in [9.17, 15) is 0 Å². The normalized spacial score (nSPS) is 30.7. The molecule has 9 heavy (non-hydrogen) atoms. The molecule has 0 aromatic carbocycles. The molecule has 0 saturated carbocycles. The van der Waals surface area contributed by atoms with Gasteiger partial charge in [0, 0.05) is 18.1 Å². The molecule has 0 aromatic heterocycles. The van der Waals surface area contributed by atoms with E-state index < -0.39 is 0 Å². The van der Waals surface area contributed by atoms with Crippen LogP contribution in [0.4, 0.5) is 0 Å². The number of hydrogen-bond acceptors (Lipinski definition) is 3. The summed E-state index contributed by atoms with van der Waals surface area (Å²) in [5.74, 6) is 2.52. The Bertz CT molecular complexity index is 87.1. The third-order valence-electron chi connectivity index (χ3n) is 1.73. The molecule has 1 rings (SSSR count). The topological polar surface area (TPSA) is 15.3 Å². The smallest absolute Gasteiger partial charge is 0.0685 e. The Morgan fingerprint density at radius 1 is 1.67 bits per heavy atom. The van der Waals surface area contributed by atoms with Crippen molar-refractivity contribution in [3.63, 3.8) is 0 Å². The van der Waals surface area contributed by atoms with Crippen LogP contribution in [0, 0.1) is 0 Å². The first-order valence-corrected chi connectivity index (χ1v) is 4.45. The Morgan fingerprint density at radius 3 is 2.89 bits per heavy atom. The summed E-state index contributed by atoms with van der Waals surface area (Å²) < 4.78 is 0. The summed E-state index contributed by atoms with van der Waals surface area (Å²) in [7, 11) is 4.19. The number of thioether (sulfide) groups is 1. The molecule has 0 aromatic rings. The standard InChI is InChI=1S/C6H14N2S/c1-7-6-5-9-4-3-8(6)2/h6-7H,3-5H2,1-2H3. The van der Waals surface area contributed by atoms with Crippen molar-refractivity contribution in [3.05, 3.63) is 0 Å². The van der Waals surface area contributed by atoms with Crippen LogP contribution in [0.1, 0.15) is 0 Å². The van der Waals surface area contributed by atoms with E-state index in [-0.39, 0.29) is 0 Å². The van der Waals surface area contributed by atoms with E-state index in [4.69, 9.17) is 0 Å². The molecule has 0 radical (unpaired) electrons. The molecule has 54 valence electrons. The van der Waals surface area contributed by atoms with Gasteiger partial charge in [0.15, 0.2) is 0 Å². The summed E-state index contributed by atoms with van der Waals surface area (Å²) in [5.41, 5.74) is 0. The molecule has 0 aliphatic carbocycles. The van der Waals surface area contributed by atoms with Gasteiger partial charge in [0.25, 0.3) is 0 Å². The molecule has 1 N–H and O–H groups in total. The zero-order valence-electron chi connectivity index (χ0n) is 6.05. The summed E-state index contributed by atoms with van der Waals surface area (Å²) in [6, 6.07) is 0. The fourth-order valence-corrected chi connectivity index (χ4v) is 2.22. The highest BCUT2D eigenvalue weighted by Crippen LogP contribution is 2.11. The van der Waals surface area contributed by atoms with Gasteiger partial charge in [-0.15, -0.1) is 0 Å². The van der Waals surface area contributed by atoms with E-state index >= 15 is 0 Å². The van der Waals surface area contributed by atoms with Crippen molar-refractivity contribution < 1.29 is 0 Å². The Labute approximate surface area is 61.0 Å². The second-order valence-electron chi connectivity index (χ2n) is 2.36. The lowest BCUT2D eigenvalue weighted by Crippen LogP contribution is -2.47. The zero-order chi connectivity index (χ0) is 6.69. The lowest BCUT2D eigenvalue weighted by atomic mass is 10.4. The van der Waals surface area contributed by atoms with Crippen LogP contribution in [0.5, 0.6) is 0 Å². The van der Waals surface area contributed by atoms with Gasteiger partial charge in [0.05, 0.1) is 6.17 Å². The summed E-state index contributed by atoms with van der Waals surface area (Å²) in [4.78, 5) is 2.36. The highest BCUT2D eigenvalue weighted by atomic mass is 32.2. The predicted molar refractivity (Wildman–Crippen MR) is 42.8 cm³/mol. The SMILES string of the molecule is CNC1CSCCN1C. The lowest BCUT2D eigenvalue weighted by Gasteiger charge is -2.31. The average molecular weight is 146 g/mol. The first-order chi connectivity index (χ1) is 4.34. The van der Waals surface area contributed by atoms with E-state index in [0.29, 0.717) is 6.17 Å². The molecule has 1 aliphatic rings. The second kappa shape index (κ2) is 3.44. The van der Waals surface area contributed by atoms with Gasteiger partial charge < -0.3 is 5.32 Å². The quantitative estimate of drug-likeness (QED) is 0.569. The van der Waals surface area contributed by atoms with Crippen LogP contribution in [0.15, 0.2) is 0 Å². The fraction of sp³-hybridized carbons (Fsp3) is 1.00. The van der Waals surface area contributed by atoms with Gasteiger partial charge in [-0.1, -0.05) is 0 Å². The third kappa shape index (κ3) is 1.85. The van der Waals surface area contributed by atoms with Crippen molar-refractivity contribution >= 4 is 11.8 Å². The maximum Gasteiger partial charge on any atom is 0.0685 e. The Balaban J connectivity index is 2.30. The summed E-state index contributed by atoms with van der Waals surface area (Å²) in [5, 5.41) is 3.26. The zero-order valence-corrected chi connectivity index (χ0v) is 6.87. The molecule has 1 heterocycles. The number of nitrogens with zero attached hydrogens (tertiary/aromatic N) is 1. The van der Waals surface area contributed by atoms with Gasteiger partial charge >= 0.3 is 0 Å². The van der Waals surface area contributed by atoms with E-state index in [0.717, 1.165) is 0 Å². The molecule has 3 heteroatoms. The van der Waals surface area contributed by atoms with Crippen molar-refractivity contribution in [1.82, 2.24) is 10.2 Å². The van der Waals surface area contributed by atoms with E-state index in [1.807, 2.05) is 18.8 Å². The first kappa shape index (κ1) is 7.38. The van der Waals surface area contributed by atoms with Gasteiger partial charge in [0.2, 0.25) is 0 Å². The maximum atomic E-state index is 3.26. The molecule has 1 aliphatic heterocycles. The van der Waals surface area contributed by atoms with E-state index in [2.05, 4.69) is 17.3 Å². The molecule has 0 amide bonds. The van der Waals surface area contributed by atoms with E-state index in [1.165, 1.54) is 18.1 Å². The summed E-state index contributed by atoms with van der Waals surface area (Å²) in [6.45, 7) is 1.22. The van der Waals surface area contributed by atoms with Crippen LogP contribution in [0.3, 0.4) is 0 Å². The third-order valence-corrected chi connectivity index (χ3v) is 2.75. The molecule has 1 atom stereocenters. The molecule has 1 unspecified atom stereocenters. The molecular formula is C6H14N2S. The minimum Gasteiger partial charge on any atom is -0.304 e. The van der Waals surface area contributed by atoms with Gasteiger partial charge in [0.1, 0.15) is 0 Å². The van der Waals surface area contributed by atoms with Crippen molar-refractivity contribution in [2.45, 2.75) is 6.17 Å². The average Bonchev–Trinajstić information content (AvgIpc) is 1.89. The minimum atomic E-state index is 0.601. The van der Waals surface area contributed by atoms with Gasteiger partial charge in [-0.2, -0.15) is 11.8 Å². The van der Waals surface area contributed by atoms with Crippen LogP contribution in [-0.4, -0.2) is 43.2 Å². The van der Waals surface area contributed by atoms with Crippen molar-refractivity contribution in [2.24, 2.45) is 0 Å². The maximum absolute atomic E-state index is 3.26. The monoisotopic (exact) mass is 146 g/mol. The van der Waals surface area contributed by atoms with Gasteiger partial charge in [-0.3, -0.25) is 4.90 Å². The van der Waals surface area contributed by atoms with Crippen LogP contribution in [-0.2, 0) is 0 Å². The Hall–Kier alpha value is 0.270. The highest BCUT2D eigenvalue weighted by Gasteiger charge is 2.15. The summed E-state index contributed by atoms with van der Waals surface area (Å²) >= 11 is 2.03. The Kier molecular flexibility index (Phi) is 2.82. The molecule has 0 spiro atoms. The fourth-order valence-electron chi connectivity index (χ4n) is 0.990. The highest BCUT2D eigenvalue weighted by molar-refractivity contribution is 7.99. The minimum absolute atomic E-state index is 0.601. The molecule has 2 nitrogen and oxygen atoms in total. The number of hydrogen-bond donors (Lipinski definition) is 1. The molecule has 0 bridgehead atoms. The lowest BCUT2D eigenvalue weighted by molar-refractivity contribution is 0.241. The first-order valence-electron chi connectivity index (χ1n) is 3.30. The number of nitrogens with one attached hydrogen (secondary N) is 1. The predicted octanol–water partition coefficient (Wildman–Crippen LogP) is 0.210. The molecule has 1 saturated heterocycles. The largest absolute Gasteiger partial charge is 0.304 e.